The number of rotatable bonds is 5. The van der Waals surface area contributed by atoms with Gasteiger partial charge < -0.3 is 9.88 Å². The van der Waals surface area contributed by atoms with Crippen LogP contribution < -0.4 is 0 Å². The lowest BCUT2D eigenvalue weighted by Gasteiger charge is -2.32. The van der Waals surface area contributed by atoms with Crippen molar-refractivity contribution in [2.45, 2.75) is 31.6 Å². The highest BCUT2D eigenvalue weighted by molar-refractivity contribution is 5.88. The Morgan fingerprint density at radius 1 is 0.935 bits per heavy atom. The van der Waals surface area contributed by atoms with Crippen LogP contribution >= 0.6 is 0 Å². The maximum Gasteiger partial charge on any atom is 0.227 e. The van der Waals surface area contributed by atoms with Crippen molar-refractivity contribution in [3.63, 3.8) is 0 Å². The van der Waals surface area contributed by atoms with Crippen molar-refractivity contribution < 1.29 is 4.79 Å². The summed E-state index contributed by atoms with van der Waals surface area (Å²) >= 11 is 0. The van der Waals surface area contributed by atoms with E-state index in [9.17, 15) is 4.79 Å². The minimum Gasteiger partial charge on any atom is -0.361 e. The van der Waals surface area contributed by atoms with Gasteiger partial charge in [0, 0.05) is 53.9 Å². The number of nitrogens with zero attached hydrogens (tertiary/aromatic N) is 2. The lowest BCUT2D eigenvalue weighted by Crippen LogP contribution is -2.38. The zero-order valence-corrected chi connectivity index (χ0v) is 17.6. The van der Waals surface area contributed by atoms with Crippen LogP contribution in [-0.2, 0) is 17.6 Å². The summed E-state index contributed by atoms with van der Waals surface area (Å²) in [4.78, 5) is 23.1. The number of piperidine rings is 1. The Morgan fingerprint density at radius 3 is 2.55 bits per heavy atom. The van der Waals surface area contributed by atoms with E-state index in [1.165, 1.54) is 5.56 Å². The van der Waals surface area contributed by atoms with Crippen LogP contribution in [0.25, 0.3) is 10.9 Å². The Morgan fingerprint density at radius 2 is 1.71 bits per heavy atom. The van der Waals surface area contributed by atoms with Gasteiger partial charge >= 0.3 is 0 Å². The van der Waals surface area contributed by atoms with Crippen LogP contribution in [0.1, 0.15) is 41.3 Å². The van der Waals surface area contributed by atoms with Crippen molar-refractivity contribution in [1.29, 1.82) is 0 Å². The Kier molecular flexibility index (Phi) is 5.53. The lowest BCUT2D eigenvalue weighted by molar-refractivity contribution is -0.131. The van der Waals surface area contributed by atoms with E-state index in [-0.39, 0.29) is 5.91 Å². The van der Waals surface area contributed by atoms with Gasteiger partial charge in [-0.15, -0.1) is 0 Å². The fourth-order valence-electron chi connectivity index (χ4n) is 4.61. The quantitative estimate of drug-likeness (QED) is 0.498. The van der Waals surface area contributed by atoms with Gasteiger partial charge in [0.2, 0.25) is 5.91 Å². The van der Waals surface area contributed by atoms with Gasteiger partial charge in [0.15, 0.2) is 0 Å². The molecule has 1 fully saturated rings. The molecule has 0 radical (unpaired) electrons. The molecule has 4 nitrogen and oxygen atoms in total. The van der Waals surface area contributed by atoms with Gasteiger partial charge in [-0.3, -0.25) is 9.78 Å². The third kappa shape index (κ3) is 4.38. The number of carbonyl (C=O) groups is 1. The van der Waals surface area contributed by atoms with Crippen molar-refractivity contribution in [1.82, 2.24) is 14.9 Å². The molecule has 1 amide bonds. The van der Waals surface area contributed by atoms with Crippen molar-refractivity contribution in [3.05, 3.63) is 102 Å². The van der Waals surface area contributed by atoms with E-state index >= 15 is 0 Å². The highest BCUT2D eigenvalue weighted by Crippen LogP contribution is 2.28. The van der Waals surface area contributed by atoms with Gasteiger partial charge in [-0.25, -0.2) is 0 Å². The smallest absolute Gasteiger partial charge is 0.227 e. The molecule has 0 atom stereocenters. The monoisotopic (exact) mass is 409 g/mol. The number of hydrogen-bond acceptors (Lipinski definition) is 2. The summed E-state index contributed by atoms with van der Waals surface area (Å²) in [5.41, 5.74) is 5.73. The Labute approximate surface area is 182 Å². The molecule has 1 N–H and O–H groups in total. The van der Waals surface area contributed by atoms with Gasteiger partial charge in [-0.1, -0.05) is 54.6 Å². The molecular formula is C27H27N3O. The number of carbonyl (C=O) groups excluding carboxylic acids is 1. The second-order valence-electron chi connectivity index (χ2n) is 8.41. The topological polar surface area (TPSA) is 49.0 Å². The van der Waals surface area contributed by atoms with E-state index in [0.717, 1.165) is 60.2 Å². The first-order valence-electron chi connectivity index (χ1n) is 11.1. The first-order chi connectivity index (χ1) is 15.3. The molecule has 1 aliphatic heterocycles. The van der Waals surface area contributed by atoms with Gasteiger partial charge in [0.25, 0.3) is 0 Å². The molecule has 1 aliphatic rings. The summed E-state index contributed by atoms with van der Waals surface area (Å²) in [7, 11) is 0. The summed E-state index contributed by atoms with van der Waals surface area (Å²) in [6.07, 6.45) is 5.23. The number of pyridine rings is 1. The molecule has 0 aliphatic carbocycles. The third-order valence-corrected chi connectivity index (χ3v) is 6.34. The number of likely N-dealkylation sites (tertiary alicyclic amines) is 1. The number of para-hydroxylation sites is 1. The van der Waals surface area contributed by atoms with Crippen molar-refractivity contribution >= 4 is 16.8 Å². The molecule has 0 bridgehead atoms. The molecule has 0 unspecified atom stereocenters. The number of benzene rings is 2. The fourth-order valence-corrected chi connectivity index (χ4v) is 4.61. The maximum absolute atomic E-state index is 12.9. The van der Waals surface area contributed by atoms with Crippen LogP contribution in [0.5, 0.6) is 0 Å². The first kappa shape index (κ1) is 19.6. The predicted octanol–water partition coefficient (Wildman–Crippen LogP) is 5.10. The number of amides is 1. The average Bonchev–Trinajstić information content (AvgIpc) is 3.23. The molecule has 3 heterocycles. The van der Waals surface area contributed by atoms with Gasteiger partial charge in [-0.2, -0.15) is 0 Å². The van der Waals surface area contributed by atoms with Gasteiger partial charge in [0.1, 0.15) is 0 Å². The molecule has 31 heavy (non-hydrogen) atoms. The van der Waals surface area contributed by atoms with Crippen molar-refractivity contribution in [2.24, 2.45) is 0 Å². The number of aromatic amines is 1. The van der Waals surface area contributed by atoms with E-state index in [2.05, 4.69) is 53.5 Å². The zero-order chi connectivity index (χ0) is 21.0. The second-order valence-corrected chi connectivity index (χ2v) is 8.41. The zero-order valence-electron chi connectivity index (χ0n) is 17.6. The summed E-state index contributed by atoms with van der Waals surface area (Å²) in [5, 5.41) is 1.14. The Bertz CT molecular complexity index is 1170. The number of H-pyrrole nitrogens is 1. The highest BCUT2D eigenvalue weighted by Gasteiger charge is 2.25. The molecule has 1 saturated heterocycles. The minimum absolute atomic E-state index is 0.217. The summed E-state index contributed by atoms with van der Waals surface area (Å²) in [5.74, 6) is 0.641. The molecule has 4 aromatic rings. The molecular weight excluding hydrogens is 382 g/mol. The first-order valence-corrected chi connectivity index (χ1v) is 11.1. The largest absolute Gasteiger partial charge is 0.361 e. The van der Waals surface area contributed by atoms with Crippen LogP contribution in [0.15, 0.2) is 79.0 Å². The van der Waals surface area contributed by atoms with Crippen molar-refractivity contribution in [2.75, 3.05) is 13.1 Å². The number of nitrogens with one attached hydrogen (secondary N) is 1. The molecule has 156 valence electrons. The molecule has 5 rings (SSSR count). The van der Waals surface area contributed by atoms with Crippen molar-refractivity contribution in [3.8, 4) is 0 Å². The highest BCUT2D eigenvalue weighted by atomic mass is 16.2. The normalized spacial score (nSPS) is 14.8. The average molecular weight is 410 g/mol. The number of hydrogen-bond donors (Lipinski definition) is 1. The van der Waals surface area contributed by atoms with Gasteiger partial charge in [-0.05, 0) is 42.2 Å². The molecule has 4 heteroatoms. The molecule has 2 aromatic carbocycles. The van der Waals surface area contributed by atoms with Crippen LogP contribution in [0, 0.1) is 0 Å². The summed E-state index contributed by atoms with van der Waals surface area (Å²) in [6, 6.07) is 25.0. The molecule has 0 saturated carbocycles. The minimum atomic E-state index is 0.217. The fraction of sp³-hybridized carbons (Fsp3) is 0.259. The Hall–Kier alpha value is -3.40. The lowest BCUT2D eigenvalue weighted by atomic mass is 9.92. The van der Waals surface area contributed by atoms with E-state index in [4.69, 9.17) is 4.98 Å². The molecule has 2 aromatic heterocycles. The maximum atomic E-state index is 12.9. The van der Waals surface area contributed by atoms with E-state index in [1.807, 2.05) is 35.4 Å². The predicted molar refractivity (Wildman–Crippen MR) is 124 cm³/mol. The third-order valence-electron chi connectivity index (χ3n) is 6.34. The van der Waals surface area contributed by atoms with Crippen LogP contribution in [0.4, 0.5) is 0 Å². The molecule has 0 spiro atoms. The van der Waals surface area contributed by atoms with Gasteiger partial charge in [0.05, 0.1) is 6.42 Å². The second kappa shape index (κ2) is 8.76. The Balaban J connectivity index is 1.20. The number of fused-ring (bicyclic) bond motifs is 1. The van der Waals surface area contributed by atoms with Crippen LogP contribution in [0.2, 0.25) is 0 Å². The standard InChI is InChI=1S/C27H27N3O/c31-27(18-22-19-28-26-11-5-4-10-24(22)26)30-15-13-21(14-16-30)25-12-6-9-23(29-25)17-20-7-2-1-3-8-20/h1-12,19,21,28H,13-18H2. The van der Waals surface area contributed by atoms with Crippen LogP contribution in [0.3, 0.4) is 0 Å². The summed E-state index contributed by atoms with van der Waals surface area (Å²) < 4.78 is 0. The van der Waals surface area contributed by atoms with E-state index < -0.39 is 0 Å². The van der Waals surface area contributed by atoms with Crippen LogP contribution in [-0.4, -0.2) is 33.9 Å². The SMILES string of the molecule is O=C(Cc1c[nH]c2ccccc12)N1CCC(c2cccc(Cc3ccccc3)n2)CC1. The summed E-state index contributed by atoms with van der Waals surface area (Å²) in [6.45, 7) is 1.60. The number of aromatic nitrogens is 2. The van der Waals surface area contributed by atoms with E-state index in [1.54, 1.807) is 0 Å². The van der Waals surface area contributed by atoms with E-state index in [0.29, 0.717) is 12.3 Å².